The van der Waals surface area contributed by atoms with Gasteiger partial charge >= 0.3 is 5.97 Å². The molecule has 1 aromatic rings. The quantitative estimate of drug-likeness (QED) is 0.620. The molecule has 1 amide bonds. The Labute approximate surface area is 179 Å². The van der Waals surface area contributed by atoms with Gasteiger partial charge in [-0.25, -0.2) is 0 Å². The first-order valence-electron chi connectivity index (χ1n) is 10.5. The van der Waals surface area contributed by atoms with Crippen LogP contribution in [0.25, 0.3) is 0 Å². The first kappa shape index (κ1) is 23.5. The number of benzene rings is 1. The van der Waals surface area contributed by atoms with Gasteiger partial charge in [0.25, 0.3) is 5.91 Å². The van der Waals surface area contributed by atoms with Crippen LogP contribution in [0.2, 0.25) is 0 Å². The molecule has 1 aliphatic carbocycles. The van der Waals surface area contributed by atoms with Gasteiger partial charge < -0.3 is 20.5 Å². The van der Waals surface area contributed by atoms with E-state index in [1.165, 1.54) is 5.56 Å². The Balaban J connectivity index is 0.00000300. The van der Waals surface area contributed by atoms with Crippen LogP contribution in [0.15, 0.2) is 18.2 Å². The van der Waals surface area contributed by atoms with E-state index in [0.717, 1.165) is 58.0 Å². The average Bonchev–Trinajstić information content (AvgIpc) is 2.73. The molecule has 1 saturated heterocycles. The van der Waals surface area contributed by atoms with Crippen molar-refractivity contribution in [3.63, 3.8) is 0 Å². The smallest absolute Gasteiger partial charge is 0.303 e. The normalized spacial score (nSPS) is 22.4. The first-order valence-corrected chi connectivity index (χ1v) is 10.5. The monoisotopic (exact) mass is 424 g/mol. The fourth-order valence-corrected chi connectivity index (χ4v) is 4.49. The summed E-state index contributed by atoms with van der Waals surface area (Å²) < 4.78 is 5.53. The van der Waals surface area contributed by atoms with Crippen LogP contribution in [0, 0.1) is 5.92 Å². The molecule has 0 spiro atoms. The van der Waals surface area contributed by atoms with Crippen molar-refractivity contribution < 1.29 is 19.4 Å². The van der Waals surface area contributed by atoms with Crippen molar-refractivity contribution in [2.45, 2.75) is 63.3 Å². The van der Waals surface area contributed by atoms with Crippen molar-refractivity contribution in [2.24, 2.45) is 5.92 Å². The maximum Gasteiger partial charge on any atom is 0.303 e. The number of hydrogen-bond donors (Lipinski definition) is 3. The predicted octanol–water partition coefficient (Wildman–Crippen LogP) is 3.74. The van der Waals surface area contributed by atoms with Crippen LogP contribution < -0.4 is 15.4 Å². The number of hydrogen-bond acceptors (Lipinski definition) is 4. The summed E-state index contributed by atoms with van der Waals surface area (Å²) in [6.45, 7) is 2.06. The topological polar surface area (TPSA) is 87.7 Å². The molecule has 3 rings (SSSR count). The number of carbonyl (C=O) groups excluding carboxylic acids is 1. The van der Waals surface area contributed by atoms with E-state index < -0.39 is 5.97 Å². The van der Waals surface area contributed by atoms with Gasteiger partial charge in [-0.3, -0.25) is 9.59 Å². The molecule has 162 valence electrons. The summed E-state index contributed by atoms with van der Waals surface area (Å²) in [4.78, 5) is 23.5. The molecule has 2 fully saturated rings. The number of ether oxygens (including phenoxy) is 1. The van der Waals surface area contributed by atoms with Crippen LogP contribution in [0.1, 0.15) is 73.2 Å². The zero-order chi connectivity index (χ0) is 19.9. The van der Waals surface area contributed by atoms with Gasteiger partial charge in [0.2, 0.25) is 0 Å². The van der Waals surface area contributed by atoms with Gasteiger partial charge in [-0.1, -0.05) is 6.07 Å². The van der Waals surface area contributed by atoms with Crippen LogP contribution >= 0.6 is 12.4 Å². The molecule has 1 saturated carbocycles. The van der Waals surface area contributed by atoms with E-state index in [0.29, 0.717) is 23.1 Å². The lowest BCUT2D eigenvalue weighted by molar-refractivity contribution is -0.137. The van der Waals surface area contributed by atoms with Gasteiger partial charge in [0.05, 0.1) is 12.7 Å². The second-order valence-electron chi connectivity index (χ2n) is 8.11. The number of methoxy groups -OCH3 is 1. The summed E-state index contributed by atoms with van der Waals surface area (Å²) in [5.74, 6) is 0.818. The van der Waals surface area contributed by atoms with Crippen molar-refractivity contribution in [1.82, 2.24) is 10.6 Å². The summed E-state index contributed by atoms with van der Waals surface area (Å²) in [5.41, 5.74) is 1.84. The van der Waals surface area contributed by atoms with Crippen LogP contribution in [-0.4, -0.2) is 43.2 Å². The fourth-order valence-electron chi connectivity index (χ4n) is 4.49. The highest BCUT2D eigenvalue weighted by molar-refractivity contribution is 5.97. The second kappa shape index (κ2) is 11.4. The Bertz CT molecular complexity index is 683. The number of halogens is 1. The Kier molecular flexibility index (Phi) is 9.24. The fraction of sp³-hybridized carbons (Fsp3) is 0.636. The summed E-state index contributed by atoms with van der Waals surface area (Å²) >= 11 is 0. The molecular formula is C22H33ClN2O4. The molecule has 0 unspecified atom stereocenters. The van der Waals surface area contributed by atoms with Gasteiger partial charge in [-0.2, -0.15) is 0 Å². The van der Waals surface area contributed by atoms with Gasteiger partial charge in [0.15, 0.2) is 0 Å². The van der Waals surface area contributed by atoms with Crippen LogP contribution in [0.4, 0.5) is 0 Å². The third-order valence-corrected chi connectivity index (χ3v) is 6.23. The molecule has 1 heterocycles. The van der Waals surface area contributed by atoms with Gasteiger partial charge in [-0.15, -0.1) is 12.4 Å². The zero-order valence-corrected chi connectivity index (χ0v) is 17.9. The lowest BCUT2D eigenvalue weighted by Crippen LogP contribution is -2.37. The largest absolute Gasteiger partial charge is 0.496 e. The van der Waals surface area contributed by atoms with E-state index in [9.17, 15) is 9.59 Å². The molecular weight excluding hydrogens is 392 g/mol. The average molecular weight is 425 g/mol. The van der Waals surface area contributed by atoms with E-state index >= 15 is 0 Å². The van der Waals surface area contributed by atoms with Crippen LogP contribution in [0.3, 0.4) is 0 Å². The van der Waals surface area contributed by atoms with Gasteiger partial charge in [0, 0.05) is 12.5 Å². The van der Waals surface area contributed by atoms with Crippen LogP contribution in [0.5, 0.6) is 5.75 Å². The number of piperidine rings is 1. The van der Waals surface area contributed by atoms with Gasteiger partial charge in [0.1, 0.15) is 5.75 Å². The SMILES string of the molecule is COc1cc(C2CCNCC2)ccc1C(=O)N[C@H]1CC[C@H](CCC(=O)O)CC1.Cl. The van der Waals surface area contributed by atoms with E-state index in [1.54, 1.807) is 7.11 Å². The number of amides is 1. The third kappa shape index (κ3) is 6.61. The molecule has 7 heteroatoms. The Morgan fingerprint density at radius 1 is 1.14 bits per heavy atom. The Morgan fingerprint density at radius 3 is 2.45 bits per heavy atom. The second-order valence-corrected chi connectivity index (χ2v) is 8.11. The number of carbonyl (C=O) groups is 2. The first-order chi connectivity index (χ1) is 13.6. The lowest BCUT2D eigenvalue weighted by Gasteiger charge is -2.29. The molecule has 6 nitrogen and oxygen atoms in total. The maximum atomic E-state index is 12.8. The molecule has 1 aromatic carbocycles. The lowest BCUT2D eigenvalue weighted by atomic mass is 9.83. The van der Waals surface area contributed by atoms with E-state index in [4.69, 9.17) is 9.84 Å². The Hall–Kier alpha value is -1.79. The molecule has 3 N–H and O–H groups in total. The standard InChI is InChI=1S/C22H32N2O4.ClH/c1-28-20-14-17(16-10-12-23-13-11-16)5-8-19(20)22(27)24-18-6-2-15(3-7-18)4-9-21(25)26;/h5,8,14-16,18,23H,2-4,6-7,9-13H2,1H3,(H,24,27)(H,25,26);1H/t15-,18-;. The molecule has 0 atom stereocenters. The van der Waals surface area contributed by atoms with Crippen molar-refractivity contribution >= 4 is 24.3 Å². The minimum atomic E-state index is -0.726. The summed E-state index contributed by atoms with van der Waals surface area (Å²) in [6.07, 6.45) is 6.97. The predicted molar refractivity (Wildman–Crippen MR) is 115 cm³/mol. The Morgan fingerprint density at radius 2 is 1.83 bits per heavy atom. The van der Waals surface area contributed by atoms with Crippen molar-refractivity contribution in [3.8, 4) is 5.75 Å². The molecule has 0 aromatic heterocycles. The number of rotatable bonds is 7. The summed E-state index contributed by atoms with van der Waals surface area (Å²) in [5, 5.41) is 15.4. The molecule has 2 aliphatic rings. The van der Waals surface area contributed by atoms with Crippen LogP contribution in [-0.2, 0) is 4.79 Å². The number of carboxylic acids is 1. The molecule has 29 heavy (non-hydrogen) atoms. The highest BCUT2D eigenvalue weighted by Crippen LogP contribution is 2.31. The molecule has 0 bridgehead atoms. The maximum absolute atomic E-state index is 12.8. The zero-order valence-electron chi connectivity index (χ0n) is 17.1. The summed E-state index contributed by atoms with van der Waals surface area (Å²) in [6, 6.07) is 6.14. The third-order valence-electron chi connectivity index (χ3n) is 6.23. The highest BCUT2D eigenvalue weighted by Gasteiger charge is 2.25. The van der Waals surface area contributed by atoms with E-state index in [2.05, 4.69) is 16.7 Å². The van der Waals surface area contributed by atoms with E-state index in [1.807, 2.05) is 12.1 Å². The van der Waals surface area contributed by atoms with E-state index in [-0.39, 0.29) is 30.8 Å². The van der Waals surface area contributed by atoms with Crippen molar-refractivity contribution in [3.05, 3.63) is 29.3 Å². The number of aliphatic carboxylic acids is 1. The summed E-state index contributed by atoms with van der Waals surface area (Å²) in [7, 11) is 1.62. The number of carboxylic acid groups (broad SMARTS) is 1. The van der Waals surface area contributed by atoms with Crippen molar-refractivity contribution in [2.75, 3.05) is 20.2 Å². The molecule has 0 radical (unpaired) electrons. The minimum Gasteiger partial charge on any atom is -0.496 e. The number of nitrogens with one attached hydrogen (secondary N) is 2. The highest BCUT2D eigenvalue weighted by atomic mass is 35.5. The van der Waals surface area contributed by atoms with Gasteiger partial charge in [-0.05, 0) is 87.6 Å². The van der Waals surface area contributed by atoms with Crippen molar-refractivity contribution in [1.29, 1.82) is 0 Å². The molecule has 1 aliphatic heterocycles. The minimum absolute atomic E-state index is 0.